The van der Waals surface area contributed by atoms with Gasteiger partial charge in [0.05, 0.1) is 12.8 Å². The number of piperazine rings is 1. The number of nitrogens with two attached hydrogens (primary N) is 1. The van der Waals surface area contributed by atoms with Crippen LogP contribution in [0, 0.1) is 0 Å². The second-order valence-electron chi connectivity index (χ2n) is 7.09. The van der Waals surface area contributed by atoms with Crippen LogP contribution in [0.5, 0.6) is 11.5 Å². The van der Waals surface area contributed by atoms with Crippen molar-refractivity contribution in [2.24, 2.45) is 5.73 Å². The van der Waals surface area contributed by atoms with Crippen LogP contribution < -0.4 is 20.1 Å². The molecule has 2 aliphatic rings. The van der Waals surface area contributed by atoms with Crippen molar-refractivity contribution in [2.45, 2.75) is 5.92 Å². The third-order valence-electron chi connectivity index (χ3n) is 5.31. The van der Waals surface area contributed by atoms with Gasteiger partial charge in [-0.05, 0) is 35.9 Å². The molecule has 7 heteroatoms. The van der Waals surface area contributed by atoms with Crippen LogP contribution in [-0.4, -0.2) is 50.7 Å². The maximum Gasteiger partial charge on any atom is 0.274 e. The molecule has 0 spiro atoms. The molecular weight excluding hydrogens is 390 g/mol. The summed E-state index contributed by atoms with van der Waals surface area (Å²) in [6.07, 6.45) is 2.06. The largest absolute Gasteiger partial charge is 0.493 e. The summed E-state index contributed by atoms with van der Waals surface area (Å²) >= 11 is 6.00. The molecule has 6 nitrogen and oxygen atoms in total. The first-order valence-corrected chi connectivity index (χ1v) is 10.0. The summed E-state index contributed by atoms with van der Waals surface area (Å²) in [7, 11) is 1.59. The van der Waals surface area contributed by atoms with Crippen LogP contribution in [0.3, 0.4) is 0 Å². The minimum atomic E-state index is 0.00499. The van der Waals surface area contributed by atoms with E-state index in [2.05, 4.69) is 11.0 Å². The molecule has 0 bridgehead atoms. The number of rotatable bonds is 6. The zero-order valence-electron chi connectivity index (χ0n) is 16.3. The fourth-order valence-corrected chi connectivity index (χ4v) is 3.96. The number of carbonyl (C=O) groups is 1. The van der Waals surface area contributed by atoms with Crippen molar-refractivity contribution in [3.63, 3.8) is 0 Å². The lowest BCUT2D eigenvalue weighted by Gasteiger charge is -2.35. The number of nitrogens with zero attached hydrogens (tertiary/aromatic N) is 2. The van der Waals surface area contributed by atoms with E-state index >= 15 is 0 Å². The van der Waals surface area contributed by atoms with Crippen LogP contribution in [0.1, 0.15) is 11.5 Å². The van der Waals surface area contributed by atoms with Gasteiger partial charge in [-0.2, -0.15) is 0 Å². The van der Waals surface area contributed by atoms with Gasteiger partial charge in [-0.25, -0.2) is 0 Å². The maximum atomic E-state index is 13.2. The molecular formula is C22H24ClN3O3. The molecule has 0 saturated carbocycles. The first kappa shape index (κ1) is 19.6. The zero-order chi connectivity index (χ0) is 20.4. The molecule has 4 rings (SSSR count). The second kappa shape index (κ2) is 8.35. The first-order valence-electron chi connectivity index (χ1n) is 9.65. The van der Waals surface area contributed by atoms with E-state index in [4.69, 9.17) is 26.8 Å². The van der Waals surface area contributed by atoms with Gasteiger partial charge < -0.3 is 25.0 Å². The Kier molecular flexibility index (Phi) is 5.65. The summed E-state index contributed by atoms with van der Waals surface area (Å²) in [5.74, 6) is 1.40. The van der Waals surface area contributed by atoms with Gasteiger partial charge in [0, 0.05) is 48.9 Å². The predicted molar refractivity (Wildman–Crippen MR) is 114 cm³/mol. The average Bonchev–Trinajstić information content (AvgIpc) is 3.18. The number of amides is 1. The van der Waals surface area contributed by atoms with Crippen LogP contribution in [-0.2, 0) is 4.79 Å². The van der Waals surface area contributed by atoms with Crippen molar-refractivity contribution in [3.05, 3.63) is 64.8 Å². The molecule has 0 aromatic heterocycles. The highest BCUT2D eigenvalue weighted by molar-refractivity contribution is 6.30. The standard InChI is InChI=1S/C22H24ClN3O3/c1-28-21-13-18(6-7-20(21)29-11-8-24)26-10-9-25-14-16(12-19(25)22(26)27)15-2-4-17(23)5-3-15/h2-7,12-13,16H,8-11,14,24H2,1H3. The van der Waals surface area contributed by atoms with Crippen molar-refractivity contribution < 1.29 is 14.3 Å². The summed E-state index contributed by atoms with van der Waals surface area (Å²) < 4.78 is 11.0. The number of methoxy groups -OCH3 is 1. The molecule has 2 heterocycles. The molecule has 29 heavy (non-hydrogen) atoms. The minimum absolute atomic E-state index is 0.00499. The first-order chi connectivity index (χ1) is 14.1. The number of benzene rings is 2. The number of hydrogen-bond acceptors (Lipinski definition) is 5. The monoisotopic (exact) mass is 413 g/mol. The van der Waals surface area contributed by atoms with Crippen molar-refractivity contribution in [2.75, 3.05) is 44.8 Å². The SMILES string of the molecule is COc1cc(N2CCN3CC(c4ccc(Cl)cc4)C=C3C2=O)ccc1OCCN. The summed E-state index contributed by atoms with van der Waals surface area (Å²) in [5, 5.41) is 0.715. The normalized spacial score (nSPS) is 18.5. The molecule has 0 radical (unpaired) electrons. The third kappa shape index (κ3) is 3.91. The van der Waals surface area contributed by atoms with Gasteiger partial charge in [-0.1, -0.05) is 23.7 Å². The quantitative estimate of drug-likeness (QED) is 0.788. The Morgan fingerprint density at radius 2 is 1.93 bits per heavy atom. The number of fused-ring (bicyclic) bond motifs is 1. The molecule has 2 aliphatic heterocycles. The summed E-state index contributed by atoms with van der Waals surface area (Å²) in [6, 6.07) is 13.4. The topological polar surface area (TPSA) is 68.0 Å². The van der Waals surface area contributed by atoms with Gasteiger partial charge in [0.15, 0.2) is 11.5 Å². The van der Waals surface area contributed by atoms with E-state index in [0.29, 0.717) is 36.2 Å². The molecule has 1 saturated heterocycles. The lowest BCUT2D eigenvalue weighted by molar-refractivity contribution is -0.117. The van der Waals surface area contributed by atoms with Gasteiger partial charge in [0.25, 0.3) is 5.91 Å². The Morgan fingerprint density at radius 3 is 2.66 bits per heavy atom. The van der Waals surface area contributed by atoms with E-state index in [1.54, 1.807) is 12.0 Å². The van der Waals surface area contributed by atoms with Crippen LogP contribution in [0.4, 0.5) is 5.69 Å². The number of anilines is 1. The van der Waals surface area contributed by atoms with Gasteiger partial charge >= 0.3 is 0 Å². The van der Waals surface area contributed by atoms with E-state index in [0.717, 1.165) is 24.5 Å². The van der Waals surface area contributed by atoms with Crippen molar-refractivity contribution in [1.29, 1.82) is 0 Å². The Morgan fingerprint density at radius 1 is 1.14 bits per heavy atom. The van der Waals surface area contributed by atoms with E-state index in [1.807, 2.05) is 42.5 Å². The smallest absolute Gasteiger partial charge is 0.274 e. The molecule has 2 aromatic rings. The van der Waals surface area contributed by atoms with Crippen molar-refractivity contribution >= 4 is 23.2 Å². The Bertz CT molecular complexity index is 929. The molecule has 1 fully saturated rings. The van der Waals surface area contributed by atoms with Gasteiger partial charge in [-0.15, -0.1) is 0 Å². The van der Waals surface area contributed by atoms with Crippen LogP contribution in [0.15, 0.2) is 54.2 Å². The lowest BCUT2D eigenvalue weighted by Crippen LogP contribution is -2.47. The molecule has 2 aromatic carbocycles. The average molecular weight is 414 g/mol. The molecule has 1 amide bonds. The second-order valence-corrected chi connectivity index (χ2v) is 7.52. The summed E-state index contributed by atoms with van der Waals surface area (Å²) in [4.78, 5) is 17.2. The van der Waals surface area contributed by atoms with Crippen LogP contribution >= 0.6 is 11.6 Å². The highest BCUT2D eigenvalue weighted by Crippen LogP contribution is 2.36. The number of hydrogen-bond donors (Lipinski definition) is 1. The fraction of sp³-hybridized carbons (Fsp3) is 0.318. The molecule has 1 atom stereocenters. The lowest BCUT2D eigenvalue weighted by atomic mass is 10.0. The molecule has 0 aliphatic carbocycles. The van der Waals surface area contributed by atoms with E-state index < -0.39 is 0 Å². The number of halogens is 1. The molecule has 1 unspecified atom stereocenters. The predicted octanol–water partition coefficient (Wildman–Crippen LogP) is 3.02. The fourth-order valence-electron chi connectivity index (χ4n) is 3.83. The Balaban J connectivity index is 1.56. The summed E-state index contributed by atoms with van der Waals surface area (Å²) in [6.45, 7) is 3.05. The van der Waals surface area contributed by atoms with Crippen LogP contribution in [0.25, 0.3) is 0 Å². The Labute approximate surface area is 175 Å². The van der Waals surface area contributed by atoms with E-state index in [9.17, 15) is 4.79 Å². The number of ether oxygens (including phenoxy) is 2. The zero-order valence-corrected chi connectivity index (χ0v) is 17.1. The van der Waals surface area contributed by atoms with Crippen LogP contribution in [0.2, 0.25) is 5.02 Å². The van der Waals surface area contributed by atoms with Crippen molar-refractivity contribution in [3.8, 4) is 11.5 Å². The van der Waals surface area contributed by atoms with Crippen molar-refractivity contribution in [1.82, 2.24) is 4.90 Å². The van der Waals surface area contributed by atoms with Gasteiger partial charge in [0.1, 0.15) is 6.61 Å². The minimum Gasteiger partial charge on any atom is -0.493 e. The third-order valence-corrected chi connectivity index (χ3v) is 5.56. The van der Waals surface area contributed by atoms with Gasteiger partial charge in [0.2, 0.25) is 0 Å². The highest BCUT2D eigenvalue weighted by Gasteiger charge is 2.36. The Hall–Kier alpha value is -2.70. The highest BCUT2D eigenvalue weighted by atomic mass is 35.5. The molecule has 152 valence electrons. The summed E-state index contributed by atoms with van der Waals surface area (Å²) in [5.41, 5.74) is 8.21. The van der Waals surface area contributed by atoms with E-state index in [-0.39, 0.29) is 11.8 Å². The van der Waals surface area contributed by atoms with Gasteiger partial charge in [-0.3, -0.25) is 4.79 Å². The molecule has 2 N–H and O–H groups in total. The van der Waals surface area contributed by atoms with E-state index in [1.165, 1.54) is 5.56 Å². The number of carbonyl (C=O) groups excluding carboxylic acids is 1. The maximum absolute atomic E-state index is 13.2.